The fraction of sp³-hybridized carbons (Fsp3) is 0.815. The number of rotatable bonds is 47. The standard InChI is InChI=1S/C54H81N5O76S11/c60-19-11(5-113-140(92,93)94)118-47(15(20(19)61)55-136(80,81)82)125-34-24(65)26(67)52(130-40(34)44(72)73)124-31-14(8-116-143(101,102)103)121-50(18(58-139(89,90)91)32(31)133-144(104,105)106)128-36-28(69)38(135-146(110,111)112)54(132-42(36)46(76)77)123-30-13(7-115-142(98,99)100)120-49(17(22(30)63)57-138(86,87)88)127-35-27(68)37(134-145(107,108)109)53(131-41(35)45(74)75)122-29-12(6-114-141(95,96)97)119-48(16(21(29)62)56-137(83,84)85)126-33-23(64)25(66)51(129-39(33)43(70)71)117-10-3-1-9(2-4-10)59(78)79/h1-4,11-42,47-58,60-69H,5-8H2,(H,70,71)(H,72,73)(H,74,75)(H,76,77)(H,80,81,82)(H,83,84,85)(H,86,87,88)(H,89,90,91)(H,92,93,94)(H,95,96,97)(H,98,99,100)(H,101,102,103)(H,104,105,106)(H,107,108,109)(H,110,111,112)/t11-,12-,13-,14-,15-,16-,17-,18-,19-,20-,21-,22-,23-,24-,25-,26-,27+,28+,29-,30-,31-,32-,33+,34+,35+,36+,37-,38-,39+,40+,41-,42-,47-,48-,49-,50-,51-,52-,53-,54-/m1/s1. The zero-order chi connectivity index (χ0) is 110. The average molecular weight is 2370 g/mol. The lowest BCUT2D eigenvalue weighted by Gasteiger charge is -2.51. The first-order valence-corrected chi connectivity index (χ1v) is 53.7. The number of carbonyl (C=O) groups is 4. The number of hydrogen-bond acceptors (Lipinski definition) is 61. The summed E-state index contributed by atoms with van der Waals surface area (Å²) in [6.45, 7) is -7.92. The van der Waals surface area contributed by atoms with Crippen molar-refractivity contribution in [3.05, 3.63) is 34.4 Å². The van der Waals surface area contributed by atoms with E-state index >= 15 is 0 Å². The van der Waals surface area contributed by atoms with Crippen LogP contribution < -0.4 is 23.6 Å². The number of benzene rings is 1. The Balaban J connectivity index is 1.05. The molecule has 0 saturated carbocycles. The molecule has 0 aromatic heterocycles. The summed E-state index contributed by atoms with van der Waals surface area (Å²) in [6, 6.07) is -9.19. The second-order valence-electron chi connectivity index (χ2n) is 30.5. The summed E-state index contributed by atoms with van der Waals surface area (Å²) >= 11 is 0. The van der Waals surface area contributed by atoms with E-state index < -0.39 is 426 Å². The second-order valence-corrected chi connectivity index (χ2v) is 42.7. The second kappa shape index (κ2) is 47.4. The molecule has 0 aliphatic carbocycles. The number of nitro groups is 1. The first kappa shape index (κ1) is 123. The van der Waals surface area contributed by atoms with Crippen LogP contribution in [0.15, 0.2) is 24.3 Å². The molecule has 29 N–H and O–H groups in total. The van der Waals surface area contributed by atoms with Gasteiger partial charge in [-0.3, -0.25) is 60.2 Å². The van der Waals surface area contributed by atoms with Crippen LogP contribution in [0.5, 0.6) is 5.75 Å². The summed E-state index contributed by atoms with van der Waals surface area (Å²) in [4.78, 5) is 63.1. The highest BCUT2D eigenvalue weighted by Gasteiger charge is 2.65. The van der Waals surface area contributed by atoms with Crippen LogP contribution in [0.1, 0.15) is 0 Å². The molecule has 0 amide bonds. The lowest BCUT2D eigenvalue weighted by Crippen LogP contribution is -2.72. The van der Waals surface area contributed by atoms with E-state index in [1.165, 1.54) is 9.44 Å². The van der Waals surface area contributed by atoms with Crippen LogP contribution in [0, 0.1) is 10.1 Å². The number of carboxylic acids is 4. The highest BCUT2D eigenvalue weighted by atomic mass is 32.3. The van der Waals surface area contributed by atoms with Crippen molar-refractivity contribution in [2.24, 2.45) is 0 Å². The van der Waals surface area contributed by atoms with Crippen LogP contribution in [0.3, 0.4) is 0 Å². The summed E-state index contributed by atoms with van der Waals surface area (Å²) in [6.07, 6.45) is -114. The molecule has 92 heteroatoms. The third-order valence-corrected chi connectivity index (χ3v) is 25.9. The number of nitrogens with zero attached hydrogens (tertiary/aromatic N) is 1. The number of aliphatic hydroxyl groups is 10. The monoisotopic (exact) mass is 2370 g/mol. The molecular weight excluding hydrogens is 2290 g/mol. The topological polar surface area (TPSA) is 1250 Å². The molecule has 1 aromatic rings. The Morgan fingerprint density at radius 2 is 0.527 bits per heavy atom. The van der Waals surface area contributed by atoms with Gasteiger partial charge in [-0.05, 0) is 12.1 Å². The molecule has 0 unspecified atom stereocenters. The maximum Gasteiger partial charge on any atom is 0.397 e. The number of carboxylic acid groups (broad SMARTS) is 4. The quantitative estimate of drug-likeness (QED) is 0.0164. The number of nitro benzene ring substituents is 1. The maximum atomic E-state index is 13.5. The van der Waals surface area contributed by atoms with Crippen molar-refractivity contribution in [1.29, 1.82) is 0 Å². The first-order valence-electron chi connectivity index (χ1n) is 38.3. The Bertz CT molecular complexity index is 6140. The van der Waals surface area contributed by atoms with Gasteiger partial charge in [-0.15, -0.1) is 0 Å². The van der Waals surface area contributed by atoms with Crippen molar-refractivity contribution in [3.8, 4) is 5.75 Å². The van der Waals surface area contributed by atoms with Gasteiger partial charge in [0.15, 0.2) is 80.7 Å². The van der Waals surface area contributed by atoms with Gasteiger partial charge in [0, 0.05) is 12.1 Å². The Kier molecular flexibility index (Phi) is 40.1. The third-order valence-electron chi connectivity index (χ3n) is 20.5. The molecule has 8 aliphatic heterocycles. The SMILES string of the molecule is O=C(O)[C@H]1O[C@@H](Oc2ccc([N+](=O)[O-])cc2)[C@H](O)[C@@H](O)[C@@H]1O[C@H]1O[C@H](COS(=O)(=O)O)[C@@H](O[C@@H]2O[C@@H](C(=O)O)[C@@H](O[C@H]3O[C@H](COS(=O)(=O)O)[C@@H](O[C@@H]4O[C@@H](C(=O)O)[C@@H](O[C@H]5O[C@H](COS(=O)(=O)O)[C@@H](O[C@@H]6O[C@H](C(=O)O)[C@@H](O[C@H]7O[C@H](COS(=O)(=O)O)[C@@H](O)[C@H](O)[C@H]7NS(=O)(=O)O)[C@H](O)[C@H]6O)[C@H](OS(=O)(=O)O)[C@H]5NS(=O)(=O)O)[C@H](O)[C@H]4OS(=O)(=O)O)[C@H](O)[C@H]3NS(=O)(=O)O)[C@H](O)[C@H]2OS(=O)(=O)O)[C@H](O)[C@H]1NS(=O)(=O)O. The zero-order valence-electron chi connectivity index (χ0n) is 70.2. The highest BCUT2D eigenvalue weighted by molar-refractivity contribution is 7.85. The van der Waals surface area contributed by atoms with E-state index in [9.17, 15) is 239 Å². The van der Waals surface area contributed by atoms with Gasteiger partial charge in [0.05, 0.1) is 31.4 Å². The fourth-order valence-electron chi connectivity index (χ4n) is 14.7. The molecule has 146 heavy (non-hydrogen) atoms. The zero-order valence-corrected chi connectivity index (χ0v) is 79.2. The van der Waals surface area contributed by atoms with E-state index in [0.717, 1.165) is 33.7 Å². The lowest BCUT2D eigenvalue weighted by atomic mass is 9.94. The molecule has 0 radical (unpaired) electrons. The van der Waals surface area contributed by atoms with Crippen molar-refractivity contribution in [2.45, 2.75) is 245 Å². The smallest absolute Gasteiger partial charge is 0.397 e. The van der Waals surface area contributed by atoms with Crippen LogP contribution in [0.4, 0.5) is 5.69 Å². The predicted octanol–water partition coefficient (Wildman–Crippen LogP) is -19.7. The number of aliphatic hydroxyl groups excluding tert-OH is 10. The molecule has 8 heterocycles. The number of hydrogen-bond donors (Lipinski definition) is 29. The molecule has 844 valence electrons. The third kappa shape index (κ3) is 34.2. The number of aliphatic carboxylic acids is 4. The van der Waals surface area contributed by atoms with Gasteiger partial charge in [0.1, 0.15) is 164 Å². The molecular formula is C54H81N5O76S11. The van der Waals surface area contributed by atoms with Crippen molar-refractivity contribution in [3.63, 3.8) is 0 Å². The van der Waals surface area contributed by atoms with E-state index in [1.807, 2.05) is 0 Å². The molecule has 8 fully saturated rings. The van der Waals surface area contributed by atoms with Gasteiger partial charge in [-0.1, -0.05) is 0 Å². The first-order chi connectivity index (χ1) is 66.5. The number of nitrogens with one attached hydrogen (secondary N) is 4. The van der Waals surface area contributed by atoms with Gasteiger partial charge in [0.2, 0.25) is 6.29 Å². The summed E-state index contributed by atoms with van der Waals surface area (Å²) in [5, 5.41) is 169. The van der Waals surface area contributed by atoms with Crippen molar-refractivity contribution >= 4 is 144 Å². The van der Waals surface area contributed by atoms with Crippen molar-refractivity contribution in [2.75, 3.05) is 26.4 Å². The van der Waals surface area contributed by atoms with Gasteiger partial charge >= 0.3 is 138 Å². The molecule has 0 bridgehead atoms. The number of non-ortho nitro benzene ring substituents is 1. The molecule has 40 atom stereocenters. The minimum absolute atomic E-state index is 0.451. The highest BCUT2D eigenvalue weighted by Crippen LogP contribution is 2.43. The minimum atomic E-state index is -6.58. The Labute approximate surface area is 813 Å². The Hall–Kier alpha value is -6.13. The maximum absolute atomic E-state index is 13.5. The molecule has 8 aliphatic rings. The van der Waals surface area contributed by atoms with E-state index in [0.29, 0.717) is 0 Å². The molecule has 8 saturated heterocycles. The van der Waals surface area contributed by atoms with Gasteiger partial charge < -0.3 is 147 Å². The van der Waals surface area contributed by atoms with Crippen LogP contribution in [0.25, 0.3) is 0 Å². The molecule has 0 spiro atoms. The Morgan fingerprint density at radius 3 is 0.836 bits per heavy atom. The number of ether oxygens (including phenoxy) is 16. The summed E-state index contributed by atoms with van der Waals surface area (Å²) in [5.74, 6) is -10.7. The molecule has 1 aromatic carbocycles. The van der Waals surface area contributed by atoms with Crippen LogP contribution >= 0.6 is 0 Å². The van der Waals surface area contributed by atoms with Crippen molar-refractivity contribution < 1.29 is 343 Å². The minimum Gasteiger partial charge on any atom is -0.479 e. The van der Waals surface area contributed by atoms with E-state index in [4.69, 9.17) is 80.3 Å². The van der Waals surface area contributed by atoms with Gasteiger partial charge in [-0.25, -0.2) is 48.5 Å². The average Bonchev–Trinajstić information content (AvgIpc) is 0.748. The largest absolute Gasteiger partial charge is 0.479 e. The van der Waals surface area contributed by atoms with Crippen LogP contribution in [-0.4, -0.2) is 515 Å². The van der Waals surface area contributed by atoms with Crippen LogP contribution in [0.2, 0.25) is 0 Å². The Morgan fingerprint density at radius 1 is 0.274 bits per heavy atom. The van der Waals surface area contributed by atoms with Crippen LogP contribution in [-0.2, 0) is 234 Å². The summed E-state index contributed by atoms with van der Waals surface area (Å²) in [7, 11) is -67.7. The van der Waals surface area contributed by atoms with Crippen molar-refractivity contribution in [1.82, 2.24) is 18.9 Å². The summed E-state index contributed by atoms with van der Waals surface area (Å²) in [5.41, 5.74) is -0.562. The predicted molar refractivity (Wildman–Crippen MR) is 421 cm³/mol. The lowest BCUT2D eigenvalue weighted by molar-refractivity contribution is -0.384. The normalized spacial score (nSPS) is 38.3. The van der Waals surface area contributed by atoms with E-state index in [1.54, 1.807) is 0 Å². The molecule has 9 rings (SSSR count). The fourth-order valence-corrected chi connectivity index (χ4v) is 19.8. The van der Waals surface area contributed by atoms with Gasteiger partial charge in [-0.2, -0.15) is 111 Å². The van der Waals surface area contributed by atoms with Gasteiger partial charge in [0.25, 0.3) is 5.69 Å². The summed E-state index contributed by atoms with van der Waals surface area (Å²) < 4.78 is 504. The van der Waals surface area contributed by atoms with E-state index in [-0.39, 0.29) is 0 Å². The molecule has 81 nitrogen and oxygen atoms in total. The van der Waals surface area contributed by atoms with E-state index in [2.05, 4.69) is 29.3 Å².